The number of aliphatic hydroxyl groups is 1. The van der Waals surface area contributed by atoms with Gasteiger partial charge < -0.3 is 19.3 Å². The molecule has 2 heterocycles. The highest BCUT2D eigenvalue weighted by Gasteiger charge is 2.26. The fourth-order valence-electron chi connectivity index (χ4n) is 4.40. The van der Waals surface area contributed by atoms with Crippen molar-refractivity contribution < 1.29 is 14.4 Å². The van der Waals surface area contributed by atoms with E-state index >= 15 is 0 Å². The number of hydrogen-bond donors (Lipinski definition) is 1. The minimum Gasteiger partial charge on any atom is -0.389 e. The first kappa shape index (κ1) is 22.5. The van der Waals surface area contributed by atoms with Crippen LogP contribution in [0.5, 0.6) is 0 Å². The first-order chi connectivity index (χ1) is 15.7. The van der Waals surface area contributed by atoms with Gasteiger partial charge in [0.15, 0.2) is 0 Å². The summed E-state index contributed by atoms with van der Waals surface area (Å²) in [4.78, 5) is 4.58. The first-order valence-corrected chi connectivity index (χ1v) is 11.5. The Hall–Kier alpha value is -2.67. The molecule has 6 heteroatoms. The fourth-order valence-corrected chi connectivity index (χ4v) is 4.40. The zero-order valence-corrected chi connectivity index (χ0v) is 18.8. The van der Waals surface area contributed by atoms with E-state index in [0.29, 0.717) is 19.7 Å². The third kappa shape index (κ3) is 5.76. The van der Waals surface area contributed by atoms with E-state index in [-0.39, 0.29) is 0 Å². The zero-order valence-electron chi connectivity index (χ0n) is 18.8. The Kier molecular flexibility index (Phi) is 7.93. The van der Waals surface area contributed by atoms with Gasteiger partial charge in [0, 0.05) is 45.4 Å². The third-order valence-corrected chi connectivity index (χ3v) is 5.92. The van der Waals surface area contributed by atoms with Gasteiger partial charge in [0.1, 0.15) is 5.69 Å². The Balaban J connectivity index is 1.66. The Morgan fingerprint density at radius 3 is 2.38 bits per heavy atom. The standard InChI is InChI=1S/C26H33N3O3/c1-31-20-23(30)18-28(17-21-11-5-2-6-12-21)19-24-25(22-13-7-3-8-14-22)27-32-26(24)29-15-9-4-10-16-29/h2-3,5-8,11-14,23,30H,4,9-10,15-20H2,1H3. The molecule has 1 aliphatic heterocycles. The molecule has 1 atom stereocenters. The van der Waals surface area contributed by atoms with Crippen LogP contribution in [0.25, 0.3) is 11.3 Å². The van der Waals surface area contributed by atoms with Crippen molar-refractivity contribution >= 4 is 5.88 Å². The zero-order chi connectivity index (χ0) is 22.2. The van der Waals surface area contributed by atoms with Crippen LogP contribution in [0.3, 0.4) is 0 Å². The molecule has 1 saturated heterocycles. The largest absolute Gasteiger partial charge is 0.389 e. The number of anilines is 1. The van der Waals surface area contributed by atoms with Crippen LogP contribution in [0.4, 0.5) is 5.88 Å². The molecule has 0 radical (unpaired) electrons. The molecule has 3 aromatic rings. The smallest absolute Gasteiger partial charge is 0.232 e. The van der Waals surface area contributed by atoms with Crippen molar-refractivity contribution in [2.45, 2.75) is 38.5 Å². The Morgan fingerprint density at radius 1 is 1.00 bits per heavy atom. The Labute approximate surface area is 190 Å². The molecule has 1 N–H and O–H groups in total. The molecule has 1 unspecified atom stereocenters. The van der Waals surface area contributed by atoms with Gasteiger partial charge in [0.25, 0.3) is 0 Å². The van der Waals surface area contributed by atoms with Crippen molar-refractivity contribution in [3.05, 3.63) is 71.8 Å². The summed E-state index contributed by atoms with van der Waals surface area (Å²) in [7, 11) is 1.62. The van der Waals surface area contributed by atoms with E-state index in [2.05, 4.69) is 39.2 Å². The highest BCUT2D eigenvalue weighted by Crippen LogP contribution is 2.34. The summed E-state index contributed by atoms with van der Waals surface area (Å²) in [6, 6.07) is 20.6. The molecule has 0 aliphatic carbocycles. The lowest BCUT2D eigenvalue weighted by atomic mass is 10.0. The fraction of sp³-hybridized carbons (Fsp3) is 0.423. The number of methoxy groups -OCH3 is 1. The van der Waals surface area contributed by atoms with E-state index in [1.54, 1.807) is 7.11 Å². The highest BCUT2D eigenvalue weighted by molar-refractivity contribution is 5.68. The summed E-state index contributed by atoms with van der Waals surface area (Å²) in [5, 5.41) is 15.0. The minimum atomic E-state index is -0.567. The molecule has 32 heavy (non-hydrogen) atoms. The topological polar surface area (TPSA) is 62.0 Å². The van der Waals surface area contributed by atoms with Crippen LogP contribution in [0.1, 0.15) is 30.4 Å². The molecule has 4 rings (SSSR count). The molecular weight excluding hydrogens is 402 g/mol. The summed E-state index contributed by atoms with van der Waals surface area (Å²) in [5.41, 5.74) is 4.21. The van der Waals surface area contributed by atoms with E-state index in [0.717, 1.165) is 42.3 Å². The maximum Gasteiger partial charge on any atom is 0.232 e. The SMILES string of the molecule is COCC(O)CN(Cc1ccccc1)Cc1c(-c2ccccc2)noc1N1CCCCC1. The second kappa shape index (κ2) is 11.3. The van der Waals surface area contributed by atoms with Gasteiger partial charge in [-0.15, -0.1) is 0 Å². The second-order valence-electron chi connectivity index (χ2n) is 8.49. The number of aromatic nitrogens is 1. The summed E-state index contributed by atoms with van der Waals surface area (Å²) < 4.78 is 11.1. The van der Waals surface area contributed by atoms with Gasteiger partial charge in [-0.3, -0.25) is 4.90 Å². The van der Waals surface area contributed by atoms with Crippen LogP contribution in [0.15, 0.2) is 65.2 Å². The molecule has 0 saturated carbocycles. The van der Waals surface area contributed by atoms with E-state index in [4.69, 9.17) is 9.26 Å². The molecule has 2 aromatic carbocycles. The lowest BCUT2D eigenvalue weighted by molar-refractivity contribution is 0.0338. The molecule has 0 amide bonds. The lowest BCUT2D eigenvalue weighted by Crippen LogP contribution is -2.35. The van der Waals surface area contributed by atoms with Gasteiger partial charge in [-0.2, -0.15) is 0 Å². The summed E-state index contributed by atoms with van der Waals surface area (Å²) >= 11 is 0. The molecule has 1 aromatic heterocycles. The summed E-state index contributed by atoms with van der Waals surface area (Å²) in [6.45, 7) is 4.14. The van der Waals surface area contributed by atoms with Gasteiger partial charge in [-0.25, -0.2) is 0 Å². The Morgan fingerprint density at radius 2 is 1.69 bits per heavy atom. The number of nitrogens with zero attached hydrogens (tertiary/aromatic N) is 3. The van der Waals surface area contributed by atoms with Crippen LogP contribution in [0.2, 0.25) is 0 Å². The average Bonchev–Trinajstić information content (AvgIpc) is 3.24. The number of hydrogen-bond acceptors (Lipinski definition) is 6. The van der Waals surface area contributed by atoms with Crippen molar-refractivity contribution in [2.75, 3.05) is 38.3 Å². The molecular formula is C26H33N3O3. The van der Waals surface area contributed by atoms with Gasteiger partial charge in [0.05, 0.1) is 18.3 Å². The van der Waals surface area contributed by atoms with E-state index in [9.17, 15) is 5.11 Å². The molecule has 0 spiro atoms. The maximum atomic E-state index is 10.5. The highest BCUT2D eigenvalue weighted by atomic mass is 16.5. The number of aliphatic hydroxyl groups excluding tert-OH is 1. The molecule has 170 valence electrons. The molecule has 1 fully saturated rings. The van der Waals surface area contributed by atoms with Crippen molar-refractivity contribution in [3.63, 3.8) is 0 Å². The normalized spacial score (nSPS) is 15.3. The van der Waals surface area contributed by atoms with Crippen molar-refractivity contribution in [3.8, 4) is 11.3 Å². The van der Waals surface area contributed by atoms with Crippen molar-refractivity contribution in [1.82, 2.24) is 10.1 Å². The van der Waals surface area contributed by atoms with Crippen molar-refractivity contribution in [1.29, 1.82) is 0 Å². The second-order valence-corrected chi connectivity index (χ2v) is 8.49. The molecule has 0 bridgehead atoms. The quantitative estimate of drug-likeness (QED) is 0.511. The summed E-state index contributed by atoms with van der Waals surface area (Å²) in [6.07, 6.45) is 3.03. The van der Waals surface area contributed by atoms with Gasteiger partial charge in [-0.05, 0) is 24.8 Å². The van der Waals surface area contributed by atoms with Crippen molar-refractivity contribution in [2.24, 2.45) is 0 Å². The van der Waals surface area contributed by atoms with E-state index in [1.165, 1.54) is 24.8 Å². The van der Waals surface area contributed by atoms with Gasteiger partial charge in [-0.1, -0.05) is 65.8 Å². The summed E-state index contributed by atoms with van der Waals surface area (Å²) in [5.74, 6) is 0.864. The Bertz CT molecular complexity index is 939. The monoisotopic (exact) mass is 435 g/mol. The van der Waals surface area contributed by atoms with Crippen LogP contribution < -0.4 is 4.90 Å². The molecule has 1 aliphatic rings. The van der Waals surface area contributed by atoms with Gasteiger partial charge >= 0.3 is 0 Å². The first-order valence-electron chi connectivity index (χ1n) is 11.5. The van der Waals surface area contributed by atoms with Gasteiger partial charge in [0.2, 0.25) is 5.88 Å². The van der Waals surface area contributed by atoms with Crippen LogP contribution in [-0.4, -0.2) is 54.6 Å². The minimum absolute atomic E-state index is 0.305. The van der Waals surface area contributed by atoms with Crippen LogP contribution in [-0.2, 0) is 17.8 Å². The predicted molar refractivity (Wildman–Crippen MR) is 126 cm³/mol. The van der Waals surface area contributed by atoms with E-state index in [1.807, 2.05) is 36.4 Å². The number of benzene rings is 2. The third-order valence-electron chi connectivity index (χ3n) is 5.92. The average molecular weight is 436 g/mol. The molecule has 6 nitrogen and oxygen atoms in total. The lowest BCUT2D eigenvalue weighted by Gasteiger charge is -2.29. The van der Waals surface area contributed by atoms with E-state index < -0.39 is 6.10 Å². The predicted octanol–water partition coefficient (Wildman–Crippen LogP) is 4.34. The van der Waals surface area contributed by atoms with Crippen LogP contribution >= 0.6 is 0 Å². The van der Waals surface area contributed by atoms with Crippen LogP contribution in [0, 0.1) is 0 Å². The maximum absolute atomic E-state index is 10.5. The number of piperidine rings is 1. The number of rotatable bonds is 10. The number of ether oxygens (including phenoxy) is 1.